The molecule has 1 aliphatic heterocycles. The first-order chi connectivity index (χ1) is 18.1. The Balaban J connectivity index is 1.53. The first kappa shape index (κ1) is 21.9. The molecule has 5 aromatic carbocycles. The van der Waals surface area contributed by atoms with E-state index in [-0.39, 0.29) is 0 Å². The SMILES string of the molecule is C[Si]1(C)c2ccc3ccccc3c2-c2c(-c3ccccc3)nc(-c3cccc(-c4ccccc4)c3)nc21. The van der Waals surface area contributed by atoms with Gasteiger partial charge in [-0.2, -0.15) is 0 Å². The van der Waals surface area contributed by atoms with Crippen LogP contribution >= 0.6 is 0 Å². The predicted molar refractivity (Wildman–Crippen MR) is 158 cm³/mol. The van der Waals surface area contributed by atoms with Gasteiger partial charge in [-0.25, -0.2) is 9.97 Å². The number of nitrogens with zero attached hydrogens (tertiary/aromatic N) is 2. The van der Waals surface area contributed by atoms with Crippen LogP contribution in [0.3, 0.4) is 0 Å². The van der Waals surface area contributed by atoms with Gasteiger partial charge in [0.15, 0.2) is 5.82 Å². The fourth-order valence-corrected chi connectivity index (χ4v) is 8.64. The summed E-state index contributed by atoms with van der Waals surface area (Å²) in [7, 11) is -2.06. The number of hydrogen-bond acceptors (Lipinski definition) is 2. The fourth-order valence-electron chi connectivity index (χ4n) is 5.74. The van der Waals surface area contributed by atoms with Gasteiger partial charge >= 0.3 is 0 Å². The van der Waals surface area contributed by atoms with Crippen molar-refractivity contribution < 1.29 is 0 Å². The Bertz CT molecular complexity index is 1790. The summed E-state index contributed by atoms with van der Waals surface area (Å²) < 4.78 is 0. The van der Waals surface area contributed by atoms with Crippen molar-refractivity contribution in [3.8, 4) is 44.9 Å². The maximum absolute atomic E-state index is 5.37. The zero-order valence-corrected chi connectivity index (χ0v) is 21.9. The van der Waals surface area contributed by atoms with Crippen LogP contribution in [0.4, 0.5) is 0 Å². The van der Waals surface area contributed by atoms with Gasteiger partial charge in [0, 0.05) is 22.0 Å². The molecule has 0 radical (unpaired) electrons. The third-order valence-corrected chi connectivity index (χ3v) is 10.9. The largest absolute Gasteiger partial charge is 0.237 e. The van der Waals surface area contributed by atoms with E-state index >= 15 is 0 Å². The molecule has 2 nitrogen and oxygen atoms in total. The van der Waals surface area contributed by atoms with Gasteiger partial charge < -0.3 is 0 Å². The normalized spacial score (nSPS) is 13.4. The molecule has 0 spiro atoms. The lowest BCUT2D eigenvalue weighted by atomic mass is 9.95. The van der Waals surface area contributed by atoms with Gasteiger partial charge in [-0.3, -0.25) is 0 Å². The Morgan fingerprint density at radius 1 is 0.514 bits per heavy atom. The second-order valence-corrected chi connectivity index (χ2v) is 14.5. The lowest BCUT2D eigenvalue weighted by Gasteiger charge is -2.19. The fraction of sp³-hybridized carbons (Fsp3) is 0.0588. The molecule has 0 atom stereocenters. The van der Waals surface area contributed by atoms with Crippen LogP contribution in [-0.4, -0.2) is 18.0 Å². The van der Waals surface area contributed by atoms with Crippen LogP contribution in [0.5, 0.6) is 0 Å². The van der Waals surface area contributed by atoms with Crippen molar-refractivity contribution in [3.63, 3.8) is 0 Å². The summed E-state index contributed by atoms with van der Waals surface area (Å²) in [6, 6.07) is 43.1. The summed E-state index contributed by atoms with van der Waals surface area (Å²) in [5.41, 5.74) is 8.13. The van der Waals surface area contributed by atoms with Gasteiger partial charge in [0.25, 0.3) is 0 Å². The zero-order chi connectivity index (χ0) is 25.0. The van der Waals surface area contributed by atoms with E-state index in [2.05, 4.69) is 134 Å². The molecule has 37 heavy (non-hydrogen) atoms. The van der Waals surface area contributed by atoms with Gasteiger partial charge in [-0.15, -0.1) is 0 Å². The minimum atomic E-state index is -2.06. The highest BCUT2D eigenvalue weighted by Gasteiger charge is 2.42. The third-order valence-electron chi connectivity index (χ3n) is 7.63. The van der Waals surface area contributed by atoms with Crippen LogP contribution in [0.15, 0.2) is 121 Å². The topological polar surface area (TPSA) is 25.8 Å². The van der Waals surface area contributed by atoms with E-state index < -0.39 is 8.07 Å². The summed E-state index contributed by atoms with van der Waals surface area (Å²) in [5.74, 6) is 0.799. The van der Waals surface area contributed by atoms with E-state index in [4.69, 9.17) is 9.97 Å². The van der Waals surface area contributed by atoms with Gasteiger partial charge in [0.2, 0.25) is 0 Å². The van der Waals surface area contributed by atoms with Crippen LogP contribution in [0.2, 0.25) is 13.1 Å². The standard InChI is InChI=1S/C34H26N2Si/c1-37(2)29-21-20-24-14-9-10-19-28(24)30(29)31-32(25-15-7-4-8-16-25)35-33(36-34(31)37)27-18-11-17-26(22-27)23-12-5-3-6-13-23/h3-22H,1-2H3. The molecule has 3 heteroatoms. The molecular formula is C34H26N2Si. The quantitative estimate of drug-likeness (QED) is 0.241. The molecule has 1 aromatic heterocycles. The van der Waals surface area contributed by atoms with Gasteiger partial charge in [-0.05, 0) is 38.7 Å². The minimum absolute atomic E-state index is 0.799. The first-order valence-electron chi connectivity index (χ1n) is 12.8. The average Bonchev–Trinajstić information content (AvgIpc) is 3.20. The van der Waals surface area contributed by atoms with Crippen molar-refractivity contribution >= 4 is 29.4 Å². The van der Waals surface area contributed by atoms with Crippen molar-refractivity contribution in [2.75, 3.05) is 0 Å². The number of aromatic nitrogens is 2. The molecule has 0 aliphatic carbocycles. The Morgan fingerprint density at radius 2 is 1.16 bits per heavy atom. The van der Waals surface area contributed by atoms with E-state index in [1.807, 2.05) is 0 Å². The van der Waals surface area contributed by atoms with Crippen molar-refractivity contribution in [2.24, 2.45) is 0 Å². The molecule has 6 aromatic rings. The Hall–Kier alpha value is -4.34. The lowest BCUT2D eigenvalue weighted by Crippen LogP contribution is -2.50. The van der Waals surface area contributed by atoms with Crippen molar-refractivity contribution in [2.45, 2.75) is 13.1 Å². The molecule has 7 rings (SSSR count). The van der Waals surface area contributed by atoms with E-state index in [0.29, 0.717) is 0 Å². The third kappa shape index (κ3) is 3.46. The maximum Gasteiger partial charge on any atom is 0.159 e. The molecule has 0 fully saturated rings. The van der Waals surface area contributed by atoms with Crippen molar-refractivity contribution in [1.29, 1.82) is 0 Å². The second kappa shape index (κ2) is 8.36. The van der Waals surface area contributed by atoms with E-state index in [1.54, 1.807) is 0 Å². The van der Waals surface area contributed by atoms with Crippen LogP contribution in [0.25, 0.3) is 55.7 Å². The highest BCUT2D eigenvalue weighted by Crippen LogP contribution is 2.40. The van der Waals surface area contributed by atoms with Crippen molar-refractivity contribution in [1.82, 2.24) is 9.97 Å². The maximum atomic E-state index is 5.37. The van der Waals surface area contributed by atoms with E-state index in [0.717, 1.165) is 22.6 Å². The summed E-state index contributed by atoms with van der Waals surface area (Å²) in [4.78, 5) is 10.7. The van der Waals surface area contributed by atoms with Crippen molar-refractivity contribution in [3.05, 3.63) is 121 Å². The van der Waals surface area contributed by atoms with Crippen LogP contribution in [0, 0.1) is 0 Å². The molecule has 2 heterocycles. The van der Waals surface area contributed by atoms with Crippen LogP contribution in [-0.2, 0) is 0 Å². The molecule has 0 amide bonds. The highest BCUT2D eigenvalue weighted by atomic mass is 28.3. The average molecular weight is 491 g/mol. The number of fused-ring (bicyclic) bond motifs is 5. The molecule has 0 saturated heterocycles. The Kier molecular flexibility index (Phi) is 4.95. The van der Waals surface area contributed by atoms with E-state index in [9.17, 15) is 0 Å². The second-order valence-electron chi connectivity index (χ2n) is 10.3. The minimum Gasteiger partial charge on any atom is -0.237 e. The summed E-state index contributed by atoms with van der Waals surface area (Å²) in [6.07, 6.45) is 0. The monoisotopic (exact) mass is 490 g/mol. The first-order valence-corrected chi connectivity index (χ1v) is 15.8. The van der Waals surface area contributed by atoms with Gasteiger partial charge in [0.05, 0.1) is 5.69 Å². The lowest BCUT2D eigenvalue weighted by molar-refractivity contribution is 1.21. The predicted octanol–water partition coefficient (Wildman–Crippen LogP) is 7.43. The van der Waals surface area contributed by atoms with Crippen LogP contribution < -0.4 is 10.5 Å². The molecule has 0 N–H and O–H groups in total. The number of hydrogen-bond donors (Lipinski definition) is 0. The van der Waals surface area contributed by atoms with E-state index in [1.165, 1.54) is 43.5 Å². The molecule has 0 saturated carbocycles. The smallest absolute Gasteiger partial charge is 0.159 e. The number of benzene rings is 5. The summed E-state index contributed by atoms with van der Waals surface area (Å²) >= 11 is 0. The Labute approximate surface area is 218 Å². The Morgan fingerprint density at radius 3 is 1.95 bits per heavy atom. The molecule has 0 bridgehead atoms. The summed E-state index contributed by atoms with van der Waals surface area (Å²) in [6.45, 7) is 4.86. The molecule has 0 unspecified atom stereocenters. The van der Waals surface area contributed by atoms with Gasteiger partial charge in [0.1, 0.15) is 8.07 Å². The summed E-state index contributed by atoms with van der Waals surface area (Å²) in [5, 5.41) is 5.23. The molecule has 176 valence electrons. The zero-order valence-electron chi connectivity index (χ0n) is 20.9. The highest BCUT2D eigenvalue weighted by molar-refractivity contribution is 7.03. The molecule has 1 aliphatic rings. The van der Waals surface area contributed by atoms with Gasteiger partial charge in [-0.1, -0.05) is 128 Å². The number of rotatable bonds is 3. The molecular weight excluding hydrogens is 464 g/mol. The van der Waals surface area contributed by atoms with Crippen LogP contribution in [0.1, 0.15) is 0 Å².